The minimum Gasteiger partial charge on any atom is -0.392 e. The largest absolute Gasteiger partial charge is 0.451 e. The van der Waals surface area contributed by atoms with Crippen LogP contribution in [0.4, 0.5) is 26.3 Å². The smallest absolute Gasteiger partial charge is 0.392 e. The number of hydrogen-bond donors (Lipinski definition) is 1. The summed E-state index contributed by atoms with van der Waals surface area (Å²) >= 11 is 0. The lowest BCUT2D eigenvalue weighted by atomic mass is 10.1. The minimum atomic E-state index is -4.63. The normalized spacial score (nSPS) is 12.9. The molecule has 1 aromatic carbocycles. The van der Waals surface area contributed by atoms with Crippen molar-refractivity contribution in [2.24, 2.45) is 0 Å². The molecule has 5 heterocycles. The van der Waals surface area contributed by atoms with Crippen molar-refractivity contribution in [3.63, 3.8) is 0 Å². The number of aromatic nitrogens is 6. The van der Waals surface area contributed by atoms with Crippen LogP contribution in [0.5, 0.6) is 0 Å². The average molecular weight is 668 g/mol. The topological polar surface area (TPSA) is 135 Å². The van der Waals surface area contributed by atoms with Crippen molar-refractivity contribution in [3.05, 3.63) is 119 Å². The minimum absolute atomic E-state index is 0.0230. The Morgan fingerprint density at radius 1 is 0.625 bits per heavy atom. The van der Waals surface area contributed by atoms with Crippen LogP contribution in [-0.2, 0) is 25.5 Å². The van der Waals surface area contributed by atoms with Gasteiger partial charge in [-0.1, -0.05) is 12.1 Å². The molecule has 0 fully saturated rings. The van der Waals surface area contributed by atoms with Crippen LogP contribution in [0.15, 0.2) is 73.6 Å². The molecule has 0 spiro atoms. The molecule has 6 rings (SSSR count). The Kier molecular flexibility index (Phi) is 9.29. The molecule has 0 unspecified atom stereocenters. The molecular formula is C32H23F6N7O3. The molecule has 1 aliphatic heterocycles. The maximum atomic E-state index is 12.6. The first kappa shape index (κ1) is 33.7. The zero-order valence-electron chi connectivity index (χ0n) is 25.0. The molecule has 0 saturated heterocycles. The van der Waals surface area contributed by atoms with Crippen LogP contribution in [0.2, 0.25) is 0 Å². The van der Waals surface area contributed by atoms with E-state index < -0.39 is 24.0 Å². The number of benzene rings is 1. The van der Waals surface area contributed by atoms with Crippen molar-refractivity contribution in [2.45, 2.75) is 39.4 Å². The highest BCUT2D eigenvalue weighted by atomic mass is 19.4. The lowest BCUT2D eigenvalue weighted by molar-refractivity contribution is -0.145. The van der Waals surface area contributed by atoms with Crippen molar-refractivity contribution in [1.82, 2.24) is 34.8 Å². The van der Waals surface area contributed by atoms with Crippen molar-refractivity contribution in [1.29, 1.82) is 0 Å². The van der Waals surface area contributed by atoms with Crippen molar-refractivity contribution >= 4 is 11.8 Å². The Morgan fingerprint density at radius 3 is 1.42 bits per heavy atom. The van der Waals surface area contributed by atoms with Gasteiger partial charge in [-0.05, 0) is 60.4 Å². The quantitative estimate of drug-likeness (QED) is 0.176. The van der Waals surface area contributed by atoms with Crippen molar-refractivity contribution < 1.29 is 41.0 Å². The van der Waals surface area contributed by atoms with E-state index in [2.05, 4.69) is 29.9 Å². The number of rotatable bonds is 5. The number of aliphatic hydroxyl groups excluding tert-OH is 1. The van der Waals surface area contributed by atoms with E-state index in [1.165, 1.54) is 6.20 Å². The molecule has 0 bridgehead atoms. The lowest BCUT2D eigenvalue weighted by Crippen LogP contribution is -2.29. The molecule has 48 heavy (non-hydrogen) atoms. The van der Waals surface area contributed by atoms with Crippen LogP contribution in [-0.4, -0.2) is 51.7 Å². The summed E-state index contributed by atoms with van der Waals surface area (Å²) in [6.45, 7) is 3.41. The van der Waals surface area contributed by atoms with Crippen LogP contribution in [0.25, 0.3) is 22.5 Å². The number of aliphatic hydroxyl groups is 1. The van der Waals surface area contributed by atoms with E-state index in [0.29, 0.717) is 44.8 Å². The fraction of sp³-hybridized carbons (Fsp3) is 0.188. The van der Waals surface area contributed by atoms with Gasteiger partial charge in [-0.2, -0.15) is 26.3 Å². The third-order valence-corrected chi connectivity index (χ3v) is 7.21. The number of alkyl halides is 6. The number of imide groups is 1. The summed E-state index contributed by atoms with van der Waals surface area (Å²) in [5, 5.41) is 9.13. The van der Waals surface area contributed by atoms with Gasteiger partial charge >= 0.3 is 12.4 Å². The highest BCUT2D eigenvalue weighted by molar-refractivity contribution is 6.21. The van der Waals surface area contributed by atoms with E-state index in [1.54, 1.807) is 56.4 Å². The second kappa shape index (κ2) is 13.2. The number of carbonyl (C=O) groups excluding carboxylic acids is 2. The van der Waals surface area contributed by atoms with Gasteiger partial charge in [0.05, 0.1) is 35.7 Å². The number of aryl methyl sites for hydroxylation is 2. The predicted octanol–water partition coefficient (Wildman–Crippen LogP) is 6.02. The van der Waals surface area contributed by atoms with E-state index in [4.69, 9.17) is 5.11 Å². The molecule has 0 atom stereocenters. The predicted molar refractivity (Wildman–Crippen MR) is 157 cm³/mol. The maximum absolute atomic E-state index is 12.6. The fourth-order valence-corrected chi connectivity index (χ4v) is 4.55. The van der Waals surface area contributed by atoms with E-state index in [9.17, 15) is 35.9 Å². The summed E-state index contributed by atoms with van der Waals surface area (Å²) < 4.78 is 74.9. The van der Waals surface area contributed by atoms with Gasteiger partial charge in [0.15, 0.2) is 0 Å². The van der Waals surface area contributed by atoms with Gasteiger partial charge in [-0.15, -0.1) is 0 Å². The number of hydrogen-bond acceptors (Lipinski definition) is 9. The monoisotopic (exact) mass is 667 g/mol. The highest BCUT2D eigenvalue weighted by Crippen LogP contribution is 2.29. The van der Waals surface area contributed by atoms with Crippen molar-refractivity contribution in [3.8, 4) is 22.5 Å². The maximum Gasteiger partial charge on any atom is 0.451 e. The van der Waals surface area contributed by atoms with Crippen LogP contribution in [0.3, 0.4) is 0 Å². The third kappa shape index (κ3) is 7.17. The van der Waals surface area contributed by atoms with Gasteiger partial charge in [-0.25, -0.2) is 19.9 Å². The van der Waals surface area contributed by atoms with Crippen LogP contribution in [0, 0.1) is 13.8 Å². The number of fused-ring (bicyclic) bond motifs is 1. The summed E-state index contributed by atoms with van der Waals surface area (Å²) in [5.74, 6) is -3.20. The molecule has 246 valence electrons. The molecule has 0 saturated carbocycles. The van der Waals surface area contributed by atoms with Gasteiger partial charge in [-0.3, -0.25) is 24.5 Å². The molecular weight excluding hydrogens is 644 g/mol. The van der Waals surface area contributed by atoms with Crippen LogP contribution >= 0.6 is 0 Å². The molecule has 5 aromatic rings. The molecule has 0 aliphatic carbocycles. The first-order valence-corrected chi connectivity index (χ1v) is 13.9. The second-order valence-corrected chi connectivity index (χ2v) is 10.5. The fourth-order valence-electron chi connectivity index (χ4n) is 4.55. The second-order valence-electron chi connectivity index (χ2n) is 10.5. The molecule has 2 amide bonds. The highest BCUT2D eigenvalue weighted by Gasteiger charge is 2.36. The molecule has 1 N–H and O–H groups in total. The summed E-state index contributed by atoms with van der Waals surface area (Å²) in [5.41, 5.74) is 4.95. The number of halogens is 6. The molecule has 4 aromatic heterocycles. The van der Waals surface area contributed by atoms with Gasteiger partial charge in [0.2, 0.25) is 11.6 Å². The Balaban J connectivity index is 0.000000206. The van der Waals surface area contributed by atoms with E-state index in [1.807, 2.05) is 0 Å². The van der Waals surface area contributed by atoms with Gasteiger partial charge < -0.3 is 5.11 Å². The molecule has 10 nitrogen and oxygen atoms in total. The first-order valence-electron chi connectivity index (χ1n) is 13.9. The van der Waals surface area contributed by atoms with Gasteiger partial charge in [0.25, 0.3) is 11.8 Å². The zero-order valence-corrected chi connectivity index (χ0v) is 25.0. The van der Waals surface area contributed by atoms with E-state index in [0.717, 1.165) is 40.8 Å². The van der Waals surface area contributed by atoms with Gasteiger partial charge in [0, 0.05) is 48.3 Å². The number of carbonyl (C=O) groups is 2. The summed E-state index contributed by atoms with van der Waals surface area (Å²) in [6, 6.07) is 9.79. The Labute approximate surface area is 268 Å². The Bertz CT molecular complexity index is 1950. The molecule has 0 radical (unpaired) electrons. The van der Waals surface area contributed by atoms with Crippen LogP contribution < -0.4 is 0 Å². The zero-order chi connectivity index (χ0) is 34.8. The SMILES string of the molecule is Cc1cnc(-c2cnc(C(F)(F)F)nc2)cc1CN1C(=O)c2ccccc2C1=O.Cc1cnc(-c2cnc(C(F)(F)F)nc2)cc1CO. The Morgan fingerprint density at radius 2 is 1.02 bits per heavy atom. The lowest BCUT2D eigenvalue weighted by Gasteiger charge is -2.16. The first-order chi connectivity index (χ1) is 22.7. The van der Waals surface area contributed by atoms with Gasteiger partial charge in [0.1, 0.15) is 0 Å². The molecule has 1 aliphatic rings. The van der Waals surface area contributed by atoms with Crippen molar-refractivity contribution in [2.75, 3.05) is 0 Å². The number of pyridine rings is 2. The number of amides is 2. The summed E-state index contributed by atoms with van der Waals surface area (Å²) in [4.78, 5) is 47.8. The number of nitrogens with zero attached hydrogens (tertiary/aromatic N) is 7. The summed E-state index contributed by atoms with van der Waals surface area (Å²) in [6.07, 6.45) is -1.91. The molecule has 16 heteroatoms. The average Bonchev–Trinajstić information content (AvgIpc) is 3.30. The standard InChI is InChI=1S/C20H13F3N4O2.C12H10F3N3O/c1-11-7-24-16(13-8-25-19(26-9-13)20(21,22)23)6-12(11)10-27-17(28)14-4-2-3-5-15(14)18(27)29;1-7-3-16-10(2-8(7)6-19)9-4-17-11(18-5-9)12(13,14)15/h2-9H,10H2,1H3;2-5,19H,6H2,1H3. The van der Waals surface area contributed by atoms with Crippen LogP contribution in [0.1, 0.15) is 54.6 Å². The van der Waals surface area contributed by atoms with E-state index in [-0.39, 0.29) is 25.0 Å². The van der Waals surface area contributed by atoms with E-state index >= 15 is 0 Å². The Hall–Kier alpha value is -5.64. The third-order valence-electron chi connectivity index (χ3n) is 7.21. The summed E-state index contributed by atoms with van der Waals surface area (Å²) in [7, 11) is 0.